The summed E-state index contributed by atoms with van der Waals surface area (Å²) < 4.78 is 5.61. The number of amides is 2. The number of likely N-dealkylation sites (N-methyl/N-ethyl adjacent to an activating group) is 1. The fourth-order valence-electron chi connectivity index (χ4n) is 3.47. The van der Waals surface area contributed by atoms with Crippen LogP contribution in [0, 0.1) is 0 Å². The Morgan fingerprint density at radius 2 is 2.08 bits per heavy atom. The van der Waals surface area contributed by atoms with E-state index in [0.29, 0.717) is 18.8 Å². The van der Waals surface area contributed by atoms with E-state index in [1.807, 2.05) is 30.3 Å². The number of ether oxygens (including phenoxy) is 1. The van der Waals surface area contributed by atoms with Gasteiger partial charge in [0.2, 0.25) is 5.91 Å². The summed E-state index contributed by atoms with van der Waals surface area (Å²) in [5.74, 6) is -0.125. The van der Waals surface area contributed by atoms with Gasteiger partial charge >= 0.3 is 0 Å². The van der Waals surface area contributed by atoms with Gasteiger partial charge in [0.1, 0.15) is 12.3 Å². The van der Waals surface area contributed by atoms with Gasteiger partial charge in [-0.1, -0.05) is 24.3 Å². The molecule has 6 heteroatoms. The van der Waals surface area contributed by atoms with Crippen molar-refractivity contribution in [2.75, 3.05) is 26.7 Å². The minimum Gasteiger partial charge on any atom is -0.366 e. The van der Waals surface area contributed by atoms with Gasteiger partial charge in [0.25, 0.3) is 5.91 Å². The summed E-state index contributed by atoms with van der Waals surface area (Å²) in [6.07, 6.45) is 0.753. The van der Waals surface area contributed by atoms with E-state index in [1.54, 1.807) is 22.9 Å². The number of rotatable bonds is 1. The lowest BCUT2D eigenvalue weighted by atomic mass is 9.98. The molecule has 2 amide bonds. The molecule has 6 nitrogen and oxygen atoms in total. The van der Waals surface area contributed by atoms with Gasteiger partial charge in [-0.2, -0.15) is 0 Å². The van der Waals surface area contributed by atoms with Gasteiger partial charge in [0, 0.05) is 25.5 Å². The summed E-state index contributed by atoms with van der Waals surface area (Å²) in [5, 5.41) is 1.01. The fourth-order valence-corrected chi connectivity index (χ4v) is 3.47. The van der Waals surface area contributed by atoms with E-state index in [4.69, 9.17) is 4.74 Å². The fraction of sp³-hybridized carbons (Fsp3) is 0.389. The maximum Gasteiger partial charge on any atom is 0.272 e. The zero-order valence-corrected chi connectivity index (χ0v) is 13.5. The molecular weight excluding hydrogens is 306 g/mol. The summed E-state index contributed by atoms with van der Waals surface area (Å²) in [5.41, 5.74) is 1.25. The SMILES string of the molecule is CN1C(=O)CO[C@@H]2CCN(C(=O)c3ccc4ccccc4n3)C[C@@H]21. The van der Waals surface area contributed by atoms with Gasteiger partial charge in [0.05, 0.1) is 17.7 Å². The van der Waals surface area contributed by atoms with Crippen molar-refractivity contribution < 1.29 is 14.3 Å². The summed E-state index contributed by atoms with van der Waals surface area (Å²) >= 11 is 0. The number of fused-ring (bicyclic) bond motifs is 2. The Labute approximate surface area is 140 Å². The molecule has 0 radical (unpaired) electrons. The van der Waals surface area contributed by atoms with E-state index in [1.165, 1.54) is 0 Å². The normalized spacial score (nSPS) is 24.1. The molecule has 0 aliphatic carbocycles. The number of aromatic nitrogens is 1. The van der Waals surface area contributed by atoms with Crippen LogP contribution < -0.4 is 0 Å². The lowest BCUT2D eigenvalue weighted by Crippen LogP contribution is -2.61. The Morgan fingerprint density at radius 1 is 1.25 bits per heavy atom. The molecule has 2 aromatic rings. The zero-order valence-electron chi connectivity index (χ0n) is 13.5. The van der Waals surface area contributed by atoms with Gasteiger partial charge in [-0.3, -0.25) is 9.59 Å². The van der Waals surface area contributed by atoms with Crippen molar-refractivity contribution in [3.05, 3.63) is 42.1 Å². The van der Waals surface area contributed by atoms with Gasteiger partial charge in [-0.05, 0) is 18.6 Å². The molecule has 2 aliphatic rings. The van der Waals surface area contributed by atoms with Crippen LogP contribution in [0.5, 0.6) is 0 Å². The van der Waals surface area contributed by atoms with Crippen LogP contribution in [0.1, 0.15) is 16.9 Å². The highest BCUT2D eigenvalue weighted by atomic mass is 16.5. The minimum absolute atomic E-state index is 0.0151. The molecule has 0 spiro atoms. The molecule has 2 aliphatic heterocycles. The second-order valence-electron chi connectivity index (χ2n) is 6.35. The predicted molar refractivity (Wildman–Crippen MR) is 88.6 cm³/mol. The molecule has 0 saturated carbocycles. The number of piperidine rings is 1. The summed E-state index contributed by atoms with van der Waals surface area (Å²) in [6, 6.07) is 11.3. The van der Waals surface area contributed by atoms with E-state index < -0.39 is 0 Å². The van der Waals surface area contributed by atoms with Crippen molar-refractivity contribution in [1.82, 2.24) is 14.8 Å². The molecule has 4 rings (SSSR count). The van der Waals surface area contributed by atoms with E-state index >= 15 is 0 Å². The maximum atomic E-state index is 12.8. The third-order valence-electron chi connectivity index (χ3n) is 4.94. The summed E-state index contributed by atoms with van der Waals surface area (Å²) in [4.78, 5) is 32.6. The Bertz CT molecular complexity index is 807. The first-order valence-electron chi connectivity index (χ1n) is 8.16. The molecule has 0 bridgehead atoms. The standard InChI is InChI=1S/C18H19N3O3/c1-20-15-10-21(9-8-16(15)24-11-17(20)22)18(23)14-7-6-12-4-2-3-5-13(12)19-14/h2-7,15-16H,8-11H2,1H3/t15-,16+/m0/s1. The number of carbonyl (C=O) groups is 2. The van der Waals surface area contributed by atoms with E-state index in [0.717, 1.165) is 17.3 Å². The molecule has 24 heavy (non-hydrogen) atoms. The highest BCUT2D eigenvalue weighted by Crippen LogP contribution is 2.24. The average molecular weight is 325 g/mol. The molecule has 2 saturated heterocycles. The van der Waals surface area contributed by atoms with Crippen molar-refractivity contribution in [1.29, 1.82) is 0 Å². The first-order chi connectivity index (χ1) is 11.6. The largest absolute Gasteiger partial charge is 0.366 e. The van der Waals surface area contributed by atoms with Crippen molar-refractivity contribution in [2.45, 2.75) is 18.6 Å². The smallest absolute Gasteiger partial charge is 0.272 e. The van der Waals surface area contributed by atoms with Crippen molar-refractivity contribution >= 4 is 22.7 Å². The molecule has 1 aromatic carbocycles. The molecule has 3 heterocycles. The van der Waals surface area contributed by atoms with Gasteiger partial charge in [0.15, 0.2) is 0 Å². The Hall–Kier alpha value is -2.47. The molecular formula is C18H19N3O3. The van der Waals surface area contributed by atoms with Crippen LogP contribution in [0.2, 0.25) is 0 Å². The van der Waals surface area contributed by atoms with Gasteiger partial charge < -0.3 is 14.5 Å². The average Bonchev–Trinajstić information content (AvgIpc) is 2.63. The number of benzene rings is 1. The third-order valence-corrected chi connectivity index (χ3v) is 4.94. The molecule has 0 unspecified atom stereocenters. The molecule has 0 N–H and O–H groups in total. The van der Waals surface area contributed by atoms with Crippen LogP contribution in [-0.4, -0.2) is 65.5 Å². The first-order valence-corrected chi connectivity index (χ1v) is 8.16. The first kappa shape index (κ1) is 15.1. The second kappa shape index (κ2) is 5.87. The molecule has 1 aromatic heterocycles. The molecule has 124 valence electrons. The molecule has 2 atom stereocenters. The van der Waals surface area contributed by atoms with Crippen molar-refractivity contribution in [2.24, 2.45) is 0 Å². The zero-order chi connectivity index (χ0) is 16.7. The van der Waals surface area contributed by atoms with Gasteiger partial charge in [-0.15, -0.1) is 0 Å². The van der Waals surface area contributed by atoms with Crippen LogP contribution in [0.4, 0.5) is 0 Å². The number of likely N-dealkylation sites (tertiary alicyclic amines) is 1. The van der Waals surface area contributed by atoms with Crippen molar-refractivity contribution in [3.63, 3.8) is 0 Å². The lowest BCUT2D eigenvalue weighted by molar-refractivity contribution is -0.159. The van der Waals surface area contributed by atoms with Crippen molar-refractivity contribution in [3.8, 4) is 0 Å². The number of nitrogens with zero attached hydrogens (tertiary/aromatic N) is 3. The number of hydrogen-bond donors (Lipinski definition) is 0. The highest BCUT2D eigenvalue weighted by Gasteiger charge is 2.40. The lowest BCUT2D eigenvalue weighted by Gasteiger charge is -2.45. The Balaban J connectivity index is 1.56. The summed E-state index contributed by atoms with van der Waals surface area (Å²) in [7, 11) is 1.78. The predicted octanol–water partition coefficient (Wildman–Crippen LogP) is 1.31. The summed E-state index contributed by atoms with van der Waals surface area (Å²) in [6.45, 7) is 1.24. The topological polar surface area (TPSA) is 62.7 Å². The number of carbonyl (C=O) groups excluding carboxylic acids is 2. The second-order valence-corrected chi connectivity index (χ2v) is 6.35. The van der Waals surface area contributed by atoms with Crippen LogP contribution in [0.25, 0.3) is 10.9 Å². The van der Waals surface area contributed by atoms with Crippen LogP contribution >= 0.6 is 0 Å². The number of para-hydroxylation sites is 1. The van der Waals surface area contributed by atoms with Crippen LogP contribution in [0.3, 0.4) is 0 Å². The molecule has 2 fully saturated rings. The number of morpholine rings is 1. The number of hydrogen-bond acceptors (Lipinski definition) is 4. The van der Waals surface area contributed by atoms with Crippen LogP contribution in [-0.2, 0) is 9.53 Å². The minimum atomic E-state index is -0.0920. The quantitative estimate of drug-likeness (QED) is 0.793. The van der Waals surface area contributed by atoms with E-state index in [9.17, 15) is 9.59 Å². The van der Waals surface area contributed by atoms with Crippen LogP contribution in [0.15, 0.2) is 36.4 Å². The van der Waals surface area contributed by atoms with E-state index in [-0.39, 0.29) is 30.6 Å². The monoisotopic (exact) mass is 325 g/mol. The van der Waals surface area contributed by atoms with E-state index in [2.05, 4.69) is 4.98 Å². The Morgan fingerprint density at radius 3 is 2.96 bits per heavy atom. The number of pyridine rings is 1. The van der Waals surface area contributed by atoms with Gasteiger partial charge in [-0.25, -0.2) is 4.98 Å². The maximum absolute atomic E-state index is 12.8. The third kappa shape index (κ3) is 2.53. The highest BCUT2D eigenvalue weighted by molar-refractivity contribution is 5.95. The Kier molecular flexibility index (Phi) is 3.69.